The molecule has 2 aliphatic rings. The maximum Gasteiger partial charge on any atom is 0.256 e. The Hall–Kier alpha value is -5.15. The largest absolute Gasteiger partial charge is 0.383 e. The number of nitrogens with zero attached hydrogens (tertiary/aromatic N) is 7. The summed E-state index contributed by atoms with van der Waals surface area (Å²) in [4.78, 5) is 42.2. The first-order valence-corrected chi connectivity index (χ1v) is 14.1. The molecule has 2 fully saturated rings. The number of nitrogens with one attached hydrogen (secondary N) is 1. The van der Waals surface area contributed by atoms with E-state index in [1.807, 2.05) is 12.1 Å². The number of amides is 2. The molecule has 1 aliphatic heterocycles. The number of nitrogen functional groups attached to an aromatic ring is 1. The lowest BCUT2D eigenvalue weighted by Crippen LogP contribution is -2.28. The first-order valence-electron chi connectivity index (χ1n) is 14.1. The molecule has 1 atom stereocenters. The van der Waals surface area contributed by atoms with E-state index < -0.39 is 11.9 Å². The van der Waals surface area contributed by atoms with Crippen LogP contribution in [0.15, 0.2) is 61.1 Å². The van der Waals surface area contributed by atoms with Gasteiger partial charge in [-0.3, -0.25) is 19.1 Å². The molecule has 3 aromatic heterocycles. The summed E-state index contributed by atoms with van der Waals surface area (Å²) in [5, 5.41) is 12.1. The molecule has 2 amide bonds. The number of likely N-dealkylation sites (tertiary alicyclic amines) is 1. The summed E-state index contributed by atoms with van der Waals surface area (Å²) in [7, 11) is 2.06. The third-order valence-corrected chi connectivity index (χ3v) is 7.98. The van der Waals surface area contributed by atoms with E-state index in [2.05, 4.69) is 32.2 Å². The van der Waals surface area contributed by atoms with Crippen molar-refractivity contribution >= 4 is 34.5 Å². The van der Waals surface area contributed by atoms with Gasteiger partial charge in [-0.05, 0) is 56.1 Å². The molecular formula is C31H30FN9O2. The molecule has 1 aromatic carbocycles. The minimum Gasteiger partial charge on any atom is -0.383 e. The monoisotopic (exact) mass is 579 g/mol. The number of nitrogens with two attached hydrogens (primary N) is 1. The Balaban J connectivity index is 1.23. The molecule has 1 saturated carbocycles. The molecule has 0 unspecified atom stereocenters. The first kappa shape index (κ1) is 28.0. The Morgan fingerprint density at radius 3 is 2.72 bits per heavy atom. The smallest absolute Gasteiger partial charge is 0.256 e. The number of likely N-dealkylation sites (N-methyl/N-ethyl adjacent to an activating group) is 1. The van der Waals surface area contributed by atoms with Crippen LogP contribution in [0.5, 0.6) is 0 Å². The van der Waals surface area contributed by atoms with Crippen LogP contribution in [0.25, 0.3) is 22.2 Å². The molecule has 0 spiro atoms. The fourth-order valence-electron chi connectivity index (χ4n) is 5.51. The summed E-state index contributed by atoms with van der Waals surface area (Å²) in [5.74, 6) is -0.670. The second-order valence-electron chi connectivity index (χ2n) is 10.9. The number of hydrogen-bond donors (Lipinski definition) is 2. The summed E-state index contributed by atoms with van der Waals surface area (Å²) in [5.41, 5.74) is 8.02. The third-order valence-electron chi connectivity index (χ3n) is 7.98. The molecule has 4 heterocycles. The topological polar surface area (TPSA) is 146 Å². The van der Waals surface area contributed by atoms with Gasteiger partial charge in [0.05, 0.1) is 23.1 Å². The second-order valence-corrected chi connectivity index (χ2v) is 10.9. The average Bonchev–Trinajstić information content (AvgIpc) is 3.68. The summed E-state index contributed by atoms with van der Waals surface area (Å²) >= 11 is 0. The molecule has 0 radical (unpaired) electrons. The van der Waals surface area contributed by atoms with Crippen molar-refractivity contribution in [3.05, 3.63) is 78.1 Å². The Bertz CT molecular complexity index is 1770. The quantitative estimate of drug-likeness (QED) is 0.300. The van der Waals surface area contributed by atoms with Crippen LogP contribution >= 0.6 is 0 Å². The van der Waals surface area contributed by atoms with E-state index in [-0.39, 0.29) is 29.1 Å². The molecule has 12 heteroatoms. The van der Waals surface area contributed by atoms with Gasteiger partial charge in [-0.15, -0.1) is 0 Å². The maximum absolute atomic E-state index is 16.3. The normalized spacial score (nSPS) is 16.7. The standard InChI is InChI=1S/C31H30FN9O2/c1-39(22-8-9-22)13-2-3-25(42)40-14-11-23(17-40)41-28(32)26(27-29(34)36-18-37-30(27)41)20-4-6-21(7-5-20)31(43)38-24-15-19(16-33)10-12-35-24/h2-7,10,12,15,18,22-23H,8-9,11,13-14,17H2,1H3,(H2,34,36,37)(H,35,38,43)/t23-/m1/s1. The number of pyridine rings is 1. The first-order chi connectivity index (χ1) is 20.8. The predicted octanol–water partition coefficient (Wildman–Crippen LogP) is 3.76. The molecule has 218 valence electrons. The number of anilines is 2. The van der Waals surface area contributed by atoms with Gasteiger partial charge < -0.3 is 16.0 Å². The lowest BCUT2D eigenvalue weighted by atomic mass is 10.0. The molecule has 4 aromatic rings. The Morgan fingerprint density at radius 1 is 1.19 bits per heavy atom. The van der Waals surface area contributed by atoms with E-state index in [0.29, 0.717) is 53.3 Å². The third kappa shape index (κ3) is 5.67. The minimum absolute atomic E-state index is 0.0960. The van der Waals surface area contributed by atoms with Crippen molar-refractivity contribution in [3.8, 4) is 17.2 Å². The lowest BCUT2D eigenvalue weighted by Gasteiger charge is -2.17. The number of fused-ring (bicyclic) bond motifs is 1. The number of rotatable bonds is 8. The van der Waals surface area contributed by atoms with Crippen LogP contribution in [-0.2, 0) is 4.79 Å². The van der Waals surface area contributed by atoms with Crippen LogP contribution in [0.3, 0.4) is 0 Å². The zero-order chi connectivity index (χ0) is 30.1. The van der Waals surface area contributed by atoms with E-state index in [1.54, 1.807) is 41.3 Å². The summed E-state index contributed by atoms with van der Waals surface area (Å²) in [6.07, 6.45) is 9.19. The highest BCUT2D eigenvalue weighted by Gasteiger charge is 2.32. The summed E-state index contributed by atoms with van der Waals surface area (Å²) < 4.78 is 17.8. The zero-order valence-electron chi connectivity index (χ0n) is 23.6. The number of carbonyl (C=O) groups is 2. The van der Waals surface area contributed by atoms with Gasteiger partial charge in [-0.25, -0.2) is 15.0 Å². The van der Waals surface area contributed by atoms with Crippen molar-refractivity contribution < 1.29 is 14.0 Å². The van der Waals surface area contributed by atoms with E-state index in [9.17, 15) is 9.59 Å². The fraction of sp³-hybridized carbons (Fsp3) is 0.290. The van der Waals surface area contributed by atoms with Crippen molar-refractivity contribution in [1.29, 1.82) is 5.26 Å². The van der Waals surface area contributed by atoms with E-state index >= 15 is 4.39 Å². The Kier molecular flexibility index (Phi) is 7.56. The number of carbonyl (C=O) groups excluding carboxylic acids is 2. The molecule has 43 heavy (non-hydrogen) atoms. The minimum atomic E-state index is -0.530. The fourth-order valence-corrected chi connectivity index (χ4v) is 5.51. The molecule has 0 bridgehead atoms. The van der Waals surface area contributed by atoms with Gasteiger partial charge in [0.15, 0.2) is 0 Å². The number of hydrogen-bond acceptors (Lipinski definition) is 8. The number of benzene rings is 1. The van der Waals surface area contributed by atoms with Crippen LogP contribution in [-0.4, -0.2) is 73.9 Å². The van der Waals surface area contributed by atoms with Gasteiger partial charge in [0.1, 0.15) is 23.6 Å². The van der Waals surface area contributed by atoms with Crippen LogP contribution < -0.4 is 11.1 Å². The van der Waals surface area contributed by atoms with Crippen LogP contribution in [0.4, 0.5) is 16.0 Å². The van der Waals surface area contributed by atoms with Crippen molar-refractivity contribution in [1.82, 2.24) is 29.3 Å². The second kappa shape index (κ2) is 11.6. The number of aromatic nitrogens is 4. The number of nitriles is 1. The van der Waals surface area contributed by atoms with E-state index in [4.69, 9.17) is 11.0 Å². The van der Waals surface area contributed by atoms with Gasteiger partial charge in [0.2, 0.25) is 11.9 Å². The molecule has 3 N–H and O–H groups in total. The Morgan fingerprint density at radius 2 is 1.98 bits per heavy atom. The molecule has 11 nitrogen and oxygen atoms in total. The van der Waals surface area contributed by atoms with Gasteiger partial charge >= 0.3 is 0 Å². The molecule has 1 saturated heterocycles. The molecule has 6 rings (SSSR count). The molecule has 1 aliphatic carbocycles. The lowest BCUT2D eigenvalue weighted by molar-refractivity contribution is -0.125. The average molecular weight is 580 g/mol. The number of halogens is 1. The maximum atomic E-state index is 16.3. The van der Waals surface area contributed by atoms with Crippen molar-refractivity contribution in [2.45, 2.75) is 31.3 Å². The van der Waals surface area contributed by atoms with Gasteiger partial charge in [-0.1, -0.05) is 18.2 Å². The van der Waals surface area contributed by atoms with Gasteiger partial charge in [0.25, 0.3) is 5.91 Å². The van der Waals surface area contributed by atoms with E-state index in [1.165, 1.54) is 36.0 Å². The van der Waals surface area contributed by atoms with Crippen molar-refractivity contribution in [2.75, 3.05) is 37.7 Å². The summed E-state index contributed by atoms with van der Waals surface area (Å²) in [6, 6.07) is 11.7. The predicted molar refractivity (Wildman–Crippen MR) is 159 cm³/mol. The highest BCUT2D eigenvalue weighted by atomic mass is 19.1. The Labute approximate surface area is 247 Å². The highest BCUT2D eigenvalue weighted by molar-refractivity contribution is 6.05. The van der Waals surface area contributed by atoms with Crippen molar-refractivity contribution in [2.24, 2.45) is 0 Å². The van der Waals surface area contributed by atoms with E-state index in [0.717, 1.165) is 6.54 Å². The summed E-state index contributed by atoms with van der Waals surface area (Å²) in [6.45, 7) is 1.55. The SMILES string of the molecule is CN(CC=CC(=O)N1CC[C@@H](n2c(F)c(-c3ccc(C(=O)Nc4cc(C#N)ccn4)cc3)c3c(N)ncnc32)C1)C1CC1. The van der Waals surface area contributed by atoms with Crippen LogP contribution in [0, 0.1) is 17.3 Å². The van der Waals surface area contributed by atoms with Crippen LogP contribution in [0.1, 0.15) is 41.2 Å². The van der Waals surface area contributed by atoms with Gasteiger partial charge in [-0.2, -0.15) is 9.65 Å². The zero-order valence-corrected chi connectivity index (χ0v) is 23.6. The highest BCUT2D eigenvalue weighted by Crippen LogP contribution is 2.39. The van der Waals surface area contributed by atoms with Crippen LogP contribution in [0.2, 0.25) is 0 Å². The van der Waals surface area contributed by atoms with Crippen molar-refractivity contribution in [3.63, 3.8) is 0 Å². The van der Waals surface area contributed by atoms with Gasteiger partial charge in [0, 0.05) is 49.1 Å². The molecular weight excluding hydrogens is 549 g/mol.